The molecule has 1 aliphatic rings. The van der Waals surface area contributed by atoms with E-state index in [-0.39, 0.29) is 12.5 Å². The van der Waals surface area contributed by atoms with Crippen LogP contribution in [0.25, 0.3) is 6.08 Å². The number of amides is 1. The third-order valence-electron chi connectivity index (χ3n) is 5.60. The lowest BCUT2D eigenvalue weighted by Gasteiger charge is -2.17. The molecule has 196 valence electrons. The molecule has 1 aliphatic heterocycles. The second kappa shape index (κ2) is 12.8. The van der Waals surface area contributed by atoms with Crippen LogP contribution < -0.4 is 14.8 Å². The third-order valence-corrected chi connectivity index (χ3v) is 7.65. The summed E-state index contributed by atoms with van der Waals surface area (Å²) in [5.74, 6) is 0.962. The van der Waals surface area contributed by atoms with Crippen LogP contribution in [0.1, 0.15) is 29.2 Å². The number of ether oxygens (including phenoxy) is 2. The maximum absolute atomic E-state index is 12.7. The van der Waals surface area contributed by atoms with Gasteiger partial charge in [-0.25, -0.2) is 4.99 Å². The number of benzene rings is 3. The molecule has 3 aromatic rings. The van der Waals surface area contributed by atoms with Crippen molar-refractivity contribution in [2.45, 2.75) is 26.9 Å². The van der Waals surface area contributed by atoms with E-state index in [2.05, 4.69) is 16.9 Å². The van der Waals surface area contributed by atoms with Crippen molar-refractivity contribution in [1.82, 2.24) is 5.32 Å². The first kappa shape index (κ1) is 28.1. The van der Waals surface area contributed by atoms with Gasteiger partial charge in [0, 0.05) is 10.6 Å². The van der Waals surface area contributed by atoms with Crippen molar-refractivity contribution in [2.24, 2.45) is 4.99 Å². The standard InChI is InChI=1S/C29H25Cl3N2O3S/c1-4-7-20-12-19(14-25(36-5-2)27(20)37-16-18-10-11-22(31)23(32)13-18)15-26-28(35)34-29(38-26)33-24-9-6-8-21(30)17(24)3/h4,6,8-15H,1,5,7,16H2,2-3H3,(H,33,34,35)/b26-15+. The van der Waals surface area contributed by atoms with Crippen LogP contribution in [-0.2, 0) is 17.8 Å². The van der Waals surface area contributed by atoms with Gasteiger partial charge in [-0.05, 0) is 91.2 Å². The summed E-state index contributed by atoms with van der Waals surface area (Å²) in [4.78, 5) is 17.8. The zero-order valence-electron chi connectivity index (χ0n) is 20.8. The summed E-state index contributed by atoms with van der Waals surface area (Å²) >= 11 is 19.7. The molecule has 0 bridgehead atoms. The quantitative estimate of drug-likeness (QED) is 0.201. The highest BCUT2D eigenvalue weighted by molar-refractivity contribution is 8.18. The first-order valence-electron chi connectivity index (χ1n) is 11.8. The first-order chi connectivity index (χ1) is 18.3. The lowest BCUT2D eigenvalue weighted by Crippen LogP contribution is -2.19. The van der Waals surface area contributed by atoms with Crippen molar-refractivity contribution in [3.8, 4) is 11.5 Å². The van der Waals surface area contributed by atoms with Crippen LogP contribution in [0.3, 0.4) is 0 Å². The van der Waals surface area contributed by atoms with Gasteiger partial charge in [-0.15, -0.1) is 6.58 Å². The van der Waals surface area contributed by atoms with Gasteiger partial charge < -0.3 is 14.8 Å². The third kappa shape index (κ3) is 6.75. The molecule has 38 heavy (non-hydrogen) atoms. The molecule has 1 amide bonds. The van der Waals surface area contributed by atoms with E-state index >= 15 is 0 Å². The van der Waals surface area contributed by atoms with Crippen LogP contribution >= 0.6 is 46.6 Å². The van der Waals surface area contributed by atoms with E-state index in [0.717, 1.165) is 22.3 Å². The van der Waals surface area contributed by atoms with E-state index in [1.807, 2.05) is 50.3 Å². The molecule has 3 aromatic carbocycles. The minimum Gasteiger partial charge on any atom is -0.490 e. The fraction of sp³-hybridized carbons (Fsp3) is 0.172. The van der Waals surface area contributed by atoms with Gasteiger partial charge in [-0.2, -0.15) is 0 Å². The molecule has 4 rings (SSSR count). The summed E-state index contributed by atoms with van der Waals surface area (Å²) in [7, 11) is 0. The van der Waals surface area contributed by atoms with Gasteiger partial charge in [-0.1, -0.05) is 53.0 Å². The average molecular weight is 588 g/mol. The average Bonchev–Trinajstić information content (AvgIpc) is 3.22. The lowest BCUT2D eigenvalue weighted by molar-refractivity contribution is -0.115. The highest BCUT2D eigenvalue weighted by Gasteiger charge is 2.25. The van der Waals surface area contributed by atoms with Crippen molar-refractivity contribution in [3.63, 3.8) is 0 Å². The zero-order chi connectivity index (χ0) is 27.2. The van der Waals surface area contributed by atoms with Gasteiger partial charge in [0.25, 0.3) is 5.91 Å². The Bertz CT molecular complexity index is 1450. The summed E-state index contributed by atoms with van der Waals surface area (Å²) in [6.45, 7) is 8.40. The first-order valence-corrected chi connectivity index (χ1v) is 13.8. The number of carbonyl (C=O) groups is 1. The molecule has 0 atom stereocenters. The Balaban J connectivity index is 1.63. The molecule has 0 unspecified atom stereocenters. The smallest absolute Gasteiger partial charge is 0.264 e. The fourth-order valence-electron chi connectivity index (χ4n) is 3.74. The molecule has 0 aliphatic carbocycles. The van der Waals surface area contributed by atoms with Gasteiger partial charge in [-0.3, -0.25) is 4.79 Å². The number of hydrogen-bond donors (Lipinski definition) is 1. The van der Waals surface area contributed by atoms with Gasteiger partial charge in [0.2, 0.25) is 0 Å². The molecule has 0 saturated carbocycles. The number of aliphatic imine (C=N–C) groups is 1. The number of rotatable bonds is 9. The summed E-state index contributed by atoms with van der Waals surface area (Å²) in [5, 5.41) is 4.89. The maximum Gasteiger partial charge on any atom is 0.264 e. The van der Waals surface area contributed by atoms with Crippen LogP contribution in [-0.4, -0.2) is 17.7 Å². The van der Waals surface area contributed by atoms with Gasteiger partial charge >= 0.3 is 0 Å². The molecule has 5 nitrogen and oxygen atoms in total. The topological polar surface area (TPSA) is 59.9 Å². The molecular formula is C29H25Cl3N2O3S. The van der Waals surface area contributed by atoms with Crippen molar-refractivity contribution >= 4 is 69.4 Å². The highest BCUT2D eigenvalue weighted by Crippen LogP contribution is 2.37. The largest absolute Gasteiger partial charge is 0.490 e. The number of hydrogen-bond acceptors (Lipinski definition) is 5. The minimum atomic E-state index is -0.225. The summed E-state index contributed by atoms with van der Waals surface area (Å²) in [5.41, 5.74) is 4.10. The number of allylic oxidation sites excluding steroid dienone is 1. The van der Waals surface area contributed by atoms with E-state index in [9.17, 15) is 4.79 Å². The molecule has 0 spiro atoms. The predicted octanol–water partition coefficient (Wildman–Crippen LogP) is 8.55. The van der Waals surface area contributed by atoms with Crippen LogP contribution in [0.15, 0.2) is 71.1 Å². The van der Waals surface area contributed by atoms with Crippen LogP contribution in [0, 0.1) is 6.92 Å². The maximum atomic E-state index is 12.7. The molecule has 0 radical (unpaired) electrons. The number of amidine groups is 1. The predicted molar refractivity (Wildman–Crippen MR) is 159 cm³/mol. The van der Waals surface area contributed by atoms with Gasteiger partial charge in [0.15, 0.2) is 16.7 Å². The number of halogens is 3. The molecule has 0 aromatic heterocycles. The van der Waals surface area contributed by atoms with Crippen LogP contribution in [0.5, 0.6) is 11.5 Å². The molecule has 1 heterocycles. The molecule has 1 saturated heterocycles. The van der Waals surface area contributed by atoms with Crippen molar-refractivity contribution < 1.29 is 14.3 Å². The van der Waals surface area contributed by atoms with Crippen molar-refractivity contribution in [1.29, 1.82) is 0 Å². The zero-order valence-corrected chi connectivity index (χ0v) is 23.9. The Morgan fingerprint density at radius 1 is 1.05 bits per heavy atom. The molecular weight excluding hydrogens is 563 g/mol. The normalized spacial score (nSPS) is 15.1. The molecule has 1 N–H and O–H groups in total. The van der Waals surface area contributed by atoms with Crippen molar-refractivity contribution in [2.75, 3.05) is 6.61 Å². The van der Waals surface area contributed by atoms with Crippen LogP contribution in [0.2, 0.25) is 15.1 Å². The van der Waals surface area contributed by atoms with Crippen molar-refractivity contribution in [3.05, 3.63) is 103 Å². The van der Waals surface area contributed by atoms with E-state index < -0.39 is 0 Å². The second-order valence-corrected chi connectivity index (χ2v) is 10.6. The summed E-state index contributed by atoms with van der Waals surface area (Å²) in [6, 6.07) is 14.7. The fourth-order valence-corrected chi connectivity index (χ4v) is 5.07. The summed E-state index contributed by atoms with van der Waals surface area (Å²) < 4.78 is 12.1. The number of nitrogens with one attached hydrogen (secondary N) is 1. The Kier molecular flexibility index (Phi) is 9.44. The SMILES string of the molecule is C=CCc1cc(/C=C2/SC(=Nc3cccc(Cl)c3C)NC2=O)cc(OCC)c1OCc1ccc(Cl)c(Cl)c1. The number of thioether (sulfide) groups is 1. The monoisotopic (exact) mass is 586 g/mol. The number of carbonyl (C=O) groups excluding carboxylic acids is 1. The molecule has 9 heteroatoms. The lowest BCUT2D eigenvalue weighted by atomic mass is 10.0. The van der Waals surface area contributed by atoms with Crippen LogP contribution in [0.4, 0.5) is 5.69 Å². The Morgan fingerprint density at radius 2 is 1.87 bits per heavy atom. The second-order valence-electron chi connectivity index (χ2n) is 8.34. The highest BCUT2D eigenvalue weighted by atomic mass is 35.5. The minimum absolute atomic E-state index is 0.225. The Morgan fingerprint density at radius 3 is 2.61 bits per heavy atom. The van der Waals surface area contributed by atoms with E-state index in [0.29, 0.717) is 55.4 Å². The van der Waals surface area contributed by atoms with E-state index in [1.54, 1.807) is 24.3 Å². The molecule has 1 fully saturated rings. The van der Waals surface area contributed by atoms with E-state index in [1.165, 1.54) is 11.8 Å². The number of nitrogens with zero attached hydrogens (tertiary/aromatic N) is 1. The Hall–Kier alpha value is -2.90. The Labute approximate surface area is 241 Å². The summed E-state index contributed by atoms with van der Waals surface area (Å²) in [6.07, 6.45) is 4.15. The van der Waals surface area contributed by atoms with E-state index in [4.69, 9.17) is 44.3 Å². The van der Waals surface area contributed by atoms with Gasteiger partial charge in [0.05, 0.1) is 27.2 Å². The van der Waals surface area contributed by atoms with Gasteiger partial charge in [0.1, 0.15) is 6.61 Å².